The standard InChI is InChI=1S/C14H19Cl2N3O.ClH/c15-10-1-2-12(16)13(9-10)18-14(20)5-8-19-6-3-11(17)4-7-19;/h1-2,9,11H,3-8,17H2,(H,18,20);1H. The average Bonchev–Trinajstić information content (AvgIpc) is 2.42. The Morgan fingerprint density at radius 2 is 2.00 bits per heavy atom. The second kappa shape index (κ2) is 8.81. The molecule has 0 bridgehead atoms. The Balaban J connectivity index is 0.00000220. The van der Waals surface area contributed by atoms with Crippen LogP contribution in [-0.2, 0) is 4.79 Å². The lowest BCUT2D eigenvalue weighted by Gasteiger charge is -2.29. The van der Waals surface area contributed by atoms with Gasteiger partial charge in [0.2, 0.25) is 5.91 Å². The summed E-state index contributed by atoms with van der Waals surface area (Å²) in [5, 5.41) is 3.84. The maximum atomic E-state index is 11.9. The number of rotatable bonds is 4. The molecule has 1 amide bonds. The minimum Gasteiger partial charge on any atom is -0.328 e. The third-order valence-electron chi connectivity index (χ3n) is 3.49. The lowest BCUT2D eigenvalue weighted by atomic mass is 10.1. The number of carbonyl (C=O) groups is 1. The van der Waals surface area contributed by atoms with Gasteiger partial charge in [-0.1, -0.05) is 23.2 Å². The van der Waals surface area contributed by atoms with Crippen LogP contribution in [0, 0.1) is 0 Å². The van der Waals surface area contributed by atoms with Gasteiger partial charge in [-0.05, 0) is 44.1 Å². The first-order valence-electron chi connectivity index (χ1n) is 6.77. The van der Waals surface area contributed by atoms with Crippen molar-refractivity contribution in [1.82, 2.24) is 4.90 Å². The van der Waals surface area contributed by atoms with E-state index in [9.17, 15) is 4.79 Å². The number of carbonyl (C=O) groups excluding carboxylic acids is 1. The number of anilines is 1. The van der Waals surface area contributed by atoms with Crippen molar-refractivity contribution >= 4 is 47.2 Å². The molecule has 0 aromatic heterocycles. The monoisotopic (exact) mass is 351 g/mol. The molecule has 1 heterocycles. The molecule has 0 saturated carbocycles. The highest BCUT2D eigenvalue weighted by Gasteiger charge is 2.16. The molecule has 0 unspecified atom stereocenters. The van der Waals surface area contributed by atoms with Gasteiger partial charge in [-0.25, -0.2) is 0 Å². The van der Waals surface area contributed by atoms with E-state index in [2.05, 4.69) is 10.2 Å². The molecule has 1 aromatic carbocycles. The highest BCUT2D eigenvalue weighted by Crippen LogP contribution is 2.25. The number of nitrogens with one attached hydrogen (secondary N) is 1. The van der Waals surface area contributed by atoms with Crippen LogP contribution in [0.3, 0.4) is 0 Å². The van der Waals surface area contributed by atoms with Crippen LogP contribution in [0.25, 0.3) is 0 Å². The Bertz CT molecular complexity index is 477. The summed E-state index contributed by atoms with van der Waals surface area (Å²) >= 11 is 11.9. The maximum absolute atomic E-state index is 11.9. The molecule has 4 nitrogen and oxygen atoms in total. The molecule has 0 radical (unpaired) electrons. The minimum atomic E-state index is -0.0518. The zero-order valence-corrected chi connectivity index (χ0v) is 14.0. The van der Waals surface area contributed by atoms with Crippen molar-refractivity contribution in [2.75, 3.05) is 25.0 Å². The summed E-state index contributed by atoms with van der Waals surface area (Å²) in [6, 6.07) is 5.33. The van der Waals surface area contributed by atoms with Gasteiger partial charge in [0, 0.05) is 24.0 Å². The maximum Gasteiger partial charge on any atom is 0.225 e. The summed E-state index contributed by atoms with van der Waals surface area (Å²) in [7, 11) is 0. The zero-order chi connectivity index (χ0) is 14.5. The van der Waals surface area contributed by atoms with Crippen molar-refractivity contribution in [3.8, 4) is 0 Å². The average molecular weight is 353 g/mol. The largest absolute Gasteiger partial charge is 0.328 e. The lowest BCUT2D eigenvalue weighted by Crippen LogP contribution is -2.40. The van der Waals surface area contributed by atoms with Crippen LogP contribution in [-0.4, -0.2) is 36.5 Å². The Morgan fingerprint density at radius 3 is 2.67 bits per heavy atom. The van der Waals surface area contributed by atoms with E-state index in [1.54, 1.807) is 18.2 Å². The number of hydrogen-bond donors (Lipinski definition) is 2. The summed E-state index contributed by atoms with van der Waals surface area (Å²) in [5.41, 5.74) is 6.41. The summed E-state index contributed by atoms with van der Waals surface area (Å²) in [5.74, 6) is -0.0518. The lowest BCUT2D eigenvalue weighted by molar-refractivity contribution is -0.116. The third kappa shape index (κ3) is 6.01. The van der Waals surface area contributed by atoms with E-state index in [0.717, 1.165) is 32.5 Å². The Hall–Kier alpha value is -0.520. The fraction of sp³-hybridized carbons (Fsp3) is 0.500. The number of piperidine rings is 1. The molecule has 2 rings (SSSR count). The Labute approximate surface area is 141 Å². The molecule has 118 valence electrons. The molecule has 7 heteroatoms. The summed E-state index contributed by atoms with van der Waals surface area (Å²) < 4.78 is 0. The number of halogens is 3. The highest BCUT2D eigenvalue weighted by atomic mass is 35.5. The predicted octanol–water partition coefficient (Wildman–Crippen LogP) is 3.17. The number of amides is 1. The Kier molecular flexibility index (Phi) is 7.77. The van der Waals surface area contributed by atoms with Gasteiger partial charge in [-0.15, -0.1) is 12.4 Å². The van der Waals surface area contributed by atoms with Crippen molar-refractivity contribution < 1.29 is 4.79 Å². The van der Waals surface area contributed by atoms with E-state index in [-0.39, 0.29) is 18.3 Å². The first kappa shape index (κ1) is 18.5. The van der Waals surface area contributed by atoms with Gasteiger partial charge in [0.1, 0.15) is 0 Å². The van der Waals surface area contributed by atoms with Crippen molar-refractivity contribution in [2.45, 2.75) is 25.3 Å². The second-order valence-electron chi connectivity index (χ2n) is 5.10. The number of hydrogen-bond acceptors (Lipinski definition) is 3. The highest BCUT2D eigenvalue weighted by molar-refractivity contribution is 6.35. The van der Waals surface area contributed by atoms with Crippen LogP contribution >= 0.6 is 35.6 Å². The van der Waals surface area contributed by atoms with Gasteiger partial charge >= 0.3 is 0 Å². The number of benzene rings is 1. The molecule has 21 heavy (non-hydrogen) atoms. The van der Waals surface area contributed by atoms with E-state index < -0.39 is 0 Å². The fourth-order valence-electron chi connectivity index (χ4n) is 2.24. The number of nitrogens with zero attached hydrogens (tertiary/aromatic N) is 1. The fourth-order valence-corrected chi connectivity index (χ4v) is 2.58. The quantitative estimate of drug-likeness (QED) is 0.875. The van der Waals surface area contributed by atoms with Crippen LogP contribution in [0.5, 0.6) is 0 Å². The van der Waals surface area contributed by atoms with E-state index in [0.29, 0.717) is 28.2 Å². The third-order valence-corrected chi connectivity index (χ3v) is 4.05. The van der Waals surface area contributed by atoms with Crippen LogP contribution in [0.2, 0.25) is 10.0 Å². The topological polar surface area (TPSA) is 58.4 Å². The van der Waals surface area contributed by atoms with Crippen molar-refractivity contribution in [1.29, 1.82) is 0 Å². The summed E-state index contributed by atoms with van der Waals surface area (Å²) in [4.78, 5) is 14.2. The predicted molar refractivity (Wildman–Crippen MR) is 90.6 cm³/mol. The normalized spacial score (nSPS) is 16.3. The van der Waals surface area contributed by atoms with Gasteiger partial charge in [0.15, 0.2) is 0 Å². The molecule has 0 atom stereocenters. The van der Waals surface area contributed by atoms with Crippen LogP contribution < -0.4 is 11.1 Å². The Morgan fingerprint density at radius 1 is 1.33 bits per heavy atom. The van der Waals surface area contributed by atoms with Gasteiger partial charge in [-0.3, -0.25) is 4.79 Å². The van der Waals surface area contributed by atoms with E-state index in [1.165, 1.54) is 0 Å². The zero-order valence-electron chi connectivity index (χ0n) is 11.6. The molecule has 0 spiro atoms. The van der Waals surface area contributed by atoms with E-state index in [4.69, 9.17) is 28.9 Å². The van der Waals surface area contributed by atoms with Crippen LogP contribution in [0.4, 0.5) is 5.69 Å². The smallest absolute Gasteiger partial charge is 0.225 e. The molecule has 3 N–H and O–H groups in total. The first-order chi connectivity index (χ1) is 9.54. The molecular weight excluding hydrogens is 333 g/mol. The molecule has 1 aromatic rings. The second-order valence-corrected chi connectivity index (χ2v) is 5.95. The van der Waals surface area contributed by atoms with Gasteiger partial charge < -0.3 is 16.0 Å². The van der Waals surface area contributed by atoms with Crippen molar-refractivity contribution in [2.24, 2.45) is 5.73 Å². The van der Waals surface area contributed by atoms with E-state index in [1.807, 2.05) is 0 Å². The van der Waals surface area contributed by atoms with Gasteiger partial charge in [0.05, 0.1) is 10.7 Å². The van der Waals surface area contributed by atoms with Crippen molar-refractivity contribution in [3.05, 3.63) is 28.2 Å². The number of likely N-dealkylation sites (tertiary alicyclic amines) is 1. The molecule has 1 saturated heterocycles. The summed E-state index contributed by atoms with van der Waals surface area (Å²) in [6.45, 7) is 2.68. The molecule has 0 aliphatic carbocycles. The molecule has 1 aliphatic heterocycles. The van der Waals surface area contributed by atoms with Crippen LogP contribution in [0.15, 0.2) is 18.2 Å². The molecule has 1 aliphatic rings. The van der Waals surface area contributed by atoms with Crippen LogP contribution in [0.1, 0.15) is 19.3 Å². The van der Waals surface area contributed by atoms with Gasteiger partial charge in [-0.2, -0.15) is 0 Å². The number of nitrogens with two attached hydrogens (primary N) is 1. The minimum absolute atomic E-state index is 0. The SMILES string of the molecule is Cl.NC1CCN(CCC(=O)Nc2cc(Cl)ccc2Cl)CC1. The van der Waals surface area contributed by atoms with E-state index >= 15 is 0 Å². The molecular formula is C14H20Cl3N3O. The van der Waals surface area contributed by atoms with Gasteiger partial charge in [0.25, 0.3) is 0 Å². The first-order valence-corrected chi connectivity index (χ1v) is 7.53. The summed E-state index contributed by atoms with van der Waals surface area (Å²) in [6.07, 6.45) is 2.45. The molecule has 1 fully saturated rings. The van der Waals surface area contributed by atoms with Crippen molar-refractivity contribution in [3.63, 3.8) is 0 Å².